The van der Waals surface area contributed by atoms with Crippen LogP contribution in [0.3, 0.4) is 0 Å². The van der Waals surface area contributed by atoms with Crippen LogP contribution in [-0.4, -0.2) is 23.9 Å². The van der Waals surface area contributed by atoms with E-state index in [-0.39, 0.29) is 18.0 Å². The molecule has 0 aliphatic heterocycles. The number of rotatable bonds is 7. The lowest BCUT2D eigenvalue weighted by Crippen LogP contribution is -2.35. The van der Waals surface area contributed by atoms with Gasteiger partial charge in [-0.15, -0.1) is 11.3 Å². The first kappa shape index (κ1) is 19.4. The van der Waals surface area contributed by atoms with E-state index in [1.54, 1.807) is 36.4 Å². The number of carbonyl (C=O) groups excluding carboxylic acids is 3. The van der Waals surface area contributed by atoms with Gasteiger partial charge < -0.3 is 19.8 Å². The standard InChI is InChI=1S/C20H18N2O5S/c1-13(18(23)21-12-16-4-2-10-26-16)27-20(25)14-6-8-15(9-7-14)22-19(24)17-5-3-11-28-17/h2-11,13H,12H2,1H3,(H,21,23)(H,22,24)/t13-/m0/s1. The number of anilines is 1. The Labute approximate surface area is 165 Å². The minimum Gasteiger partial charge on any atom is -0.467 e. The number of ether oxygens (including phenoxy) is 1. The van der Waals surface area contributed by atoms with Crippen molar-refractivity contribution in [2.45, 2.75) is 19.6 Å². The Hall–Kier alpha value is -3.39. The summed E-state index contributed by atoms with van der Waals surface area (Å²) in [6, 6.07) is 13.2. The number of nitrogens with one attached hydrogen (secondary N) is 2. The highest BCUT2D eigenvalue weighted by Crippen LogP contribution is 2.15. The Morgan fingerprint density at radius 1 is 1.11 bits per heavy atom. The summed E-state index contributed by atoms with van der Waals surface area (Å²) in [5.41, 5.74) is 0.832. The van der Waals surface area contributed by atoms with Crippen LogP contribution in [0.4, 0.5) is 5.69 Å². The first-order valence-corrected chi connectivity index (χ1v) is 9.37. The average Bonchev–Trinajstić information content (AvgIpc) is 3.40. The molecule has 0 bridgehead atoms. The third-order valence-electron chi connectivity index (χ3n) is 3.79. The molecule has 1 aromatic carbocycles. The molecule has 8 heteroatoms. The molecule has 7 nitrogen and oxygen atoms in total. The van der Waals surface area contributed by atoms with Gasteiger partial charge in [0.05, 0.1) is 23.2 Å². The highest BCUT2D eigenvalue weighted by Gasteiger charge is 2.19. The van der Waals surface area contributed by atoms with Crippen molar-refractivity contribution in [3.05, 3.63) is 76.4 Å². The van der Waals surface area contributed by atoms with Crippen LogP contribution in [0.5, 0.6) is 0 Å². The van der Waals surface area contributed by atoms with E-state index >= 15 is 0 Å². The number of benzene rings is 1. The second kappa shape index (κ2) is 9.01. The maximum Gasteiger partial charge on any atom is 0.338 e. The summed E-state index contributed by atoms with van der Waals surface area (Å²) < 4.78 is 10.3. The van der Waals surface area contributed by atoms with Crippen LogP contribution in [0.15, 0.2) is 64.6 Å². The number of esters is 1. The number of hydrogen-bond donors (Lipinski definition) is 2. The predicted molar refractivity (Wildman–Crippen MR) is 104 cm³/mol. The van der Waals surface area contributed by atoms with E-state index in [1.807, 2.05) is 5.38 Å². The van der Waals surface area contributed by atoms with E-state index in [0.717, 1.165) is 0 Å². The number of hydrogen-bond acceptors (Lipinski definition) is 6. The van der Waals surface area contributed by atoms with Crippen molar-refractivity contribution in [2.24, 2.45) is 0 Å². The molecule has 3 aromatic rings. The van der Waals surface area contributed by atoms with Gasteiger partial charge >= 0.3 is 5.97 Å². The van der Waals surface area contributed by atoms with Gasteiger partial charge in [-0.05, 0) is 54.8 Å². The Balaban J connectivity index is 1.50. The predicted octanol–water partition coefficient (Wildman–Crippen LogP) is 3.46. The lowest BCUT2D eigenvalue weighted by Gasteiger charge is -2.13. The van der Waals surface area contributed by atoms with Gasteiger partial charge in [0.1, 0.15) is 5.76 Å². The molecular formula is C20H18N2O5S. The van der Waals surface area contributed by atoms with Gasteiger partial charge in [-0.25, -0.2) is 4.79 Å². The van der Waals surface area contributed by atoms with Crippen LogP contribution in [0.25, 0.3) is 0 Å². The molecule has 0 fully saturated rings. The molecule has 144 valence electrons. The second-order valence-electron chi connectivity index (χ2n) is 5.85. The molecule has 28 heavy (non-hydrogen) atoms. The molecule has 0 radical (unpaired) electrons. The maximum atomic E-state index is 12.2. The second-order valence-corrected chi connectivity index (χ2v) is 6.80. The van der Waals surface area contributed by atoms with Crippen molar-refractivity contribution in [3.8, 4) is 0 Å². The fourth-order valence-corrected chi connectivity index (χ4v) is 2.92. The van der Waals surface area contributed by atoms with Gasteiger partial charge in [0, 0.05) is 5.69 Å². The first-order valence-electron chi connectivity index (χ1n) is 8.49. The summed E-state index contributed by atoms with van der Waals surface area (Å²) in [6.07, 6.45) is 0.554. The minimum absolute atomic E-state index is 0.215. The smallest absolute Gasteiger partial charge is 0.338 e. The average molecular weight is 398 g/mol. The summed E-state index contributed by atoms with van der Waals surface area (Å²) in [5, 5.41) is 7.19. The summed E-state index contributed by atoms with van der Waals surface area (Å²) >= 11 is 1.34. The van der Waals surface area contributed by atoms with Crippen molar-refractivity contribution in [2.75, 3.05) is 5.32 Å². The van der Waals surface area contributed by atoms with E-state index in [9.17, 15) is 14.4 Å². The van der Waals surface area contributed by atoms with Gasteiger partial charge in [0.15, 0.2) is 6.10 Å². The number of carbonyl (C=O) groups is 3. The number of furan rings is 1. The van der Waals surface area contributed by atoms with Crippen LogP contribution in [0.1, 0.15) is 32.7 Å². The molecule has 2 N–H and O–H groups in total. The maximum absolute atomic E-state index is 12.2. The number of thiophene rings is 1. The summed E-state index contributed by atoms with van der Waals surface area (Å²) in [6.45, 7) is 1.71. The first-order chi connectivity index (χ1) is 13.5. The van der Waals surface area contributed by atoms with Crippen molar-refractivity contribution < 1.29 is 23.5 Å². The van der Waals surface area contributed by atoms with E-state index in [4.69, 9.17) is 9.15 Å². The highest BCUT2D eigenvalue weighted by molar-refractivity contribution is 7.12. The lowest BCUT2D eigenvalue weighted by atomic mass is 10.2. The van der Waals surface area contributed by atoms with Crippen molar-refractivity contribution in [1.29, 1.82) is 0 Å². The fraction of sp³-hybridized carbons (Fsp3) is 0.150. The third kappa shape index (κ3) is 5.08. The van der Waals surface area contributed by atoms with Crippen molar-refractivity contribution >= 4 is 34.8 Å². The number of amides is 2. The molecule has 0 spiro atoms. The Kier molecular flexibility index (Phi) is 6.23. The van der Waals surface area contributed by atoms with Crippen molar-refractivity contribution in [1.82, 2.24) is 5.32 Å². The fourth-order valence-electron chi connectivity index (χ4n) is 2.30. The Bertz CT molecular complexity index is 934. The Morgan fingerprint density at radius 3 is 2.54 bits per heavy atom. The van der Waals surface area contributed by atoms with Gasteiger partial charge in [0.25, 0.3) is 11.8 Å². The molecule has 0 saturated heterocycles. The molecular weight excluding hydrogens is 380 g/mol. The van der Waals surface area contributed by atoms with E-state index in [0.29, 0.717) is 16.3 Å². The molecule has 1 atom stereocenters. The quantitative estimate of drug-likeness (QED) is 0.594. The van der Waals surface area contributed by atoms with Crippen molar-refractivity contribution in [3.63, 3.8) is 0 Å². The van der Waals surface area contributed by atoms with Crippen LogP contribution >= 0.6 is 11.3 Å². The van der Waals surface area contributed by atoms with Crippen LogP contribution < -0.4 is 10.6 Å². The van der Waals surface area contributed by atoms with Gasteiger partial charge in [-0.2, -0.15) is 0 Å². The molecule has 0 aliphatic carbocycles. The van der Waals surface area contributed by atoms with Gasteiger partial charge in [-0.1, -0.05) is 6.07 Å². The monoisotopic (exact) mass is 398 g/mol. The normalized spacial score (nSPS) is 11.5. The molecule has 2 aromatic heterocycles. The zero-order chi connectivity index (χ0) is 19.9. The molecule has 0 saturated carbocycles. The van der Waals surface area contributed by atoms with E-state index in [2.05, 4.69) is 10.6 Å². The van der Waals surface area contributed by atoms with Crippen LogP contribution in [0.2, 0.25) is 0 Å². The van der Waals surface area contributed by atoms with Crippen LogP contribution in [0, 0.1) is 0 Å². The third-order valence-corrected chi connectivity index (χ3v) is 4.66. The minimum atomic E-state index is -0.958. The lowest BCUT2D eigenvalue weighted by molar-refractivity contribution is -0.129. The Morgan fingerprint density at radius 2 is 1.89 bits per heavy atom. The molecule has 2 heterocycles. The molecule has 2 amide bonds. The van der Waals surface area contributed by atoms with Gasteiger partial charge in [0.2, 0.25) is 0 Å². The topological polar surface area (TPSA) is 97.6 Å². The van der Waals surface area contributed by atoms with Gasteiger partial charge in [-0.3, -0.25) is 9.59 Å². The van der Waals surface area contributed by atoms with Crippen LogP contribution in [-0.2, 0) is 16.1 Å². The summed E-state index contributed by atoms with van der Waals surface area (Å²) in [7, 11) is 0. The zero-order valence-electron chi connectivity index (χ0n) is 15.0. The molecule has 3 rings (SSSR count). The molecule has 0 unspecified atom stereocenters. The largest absolute Gasteiger partial charge is 0.467 e. The SMILES string of the molecule is C[C@H](OC(=O)c1ccc(NC(=O)c2cccs2)cc1)C(=O)NCc1ccco1. The molecule has 0 aliphatic rings. The summed E-state index contributed by atoms with van der Waals surface area (Å²) in [4.78, 5) is 36.8. The van der Waals surface area contributed by atoms with E-state index in [1.165, 1.54) is 36.7 Å². The highest BCUT2D eigenvalue weighted by atomic mass is 32.1. The summed E-state index contributed by atoms with van der Waals surface area (Å²) in [5.74, 6) is -0.666. The zero-order valence-corrected chi connectivity index (χ0v) is 15.8. The van der Waals surface area contributed by atoms with E-state index < -0.39 is 18.0 Å².